The number of nitrogens with zero attached hydrogens (tertiary/aromatic N) is 3. The highest BCUT2D eigenvalue weighted by Crippen LogP contribution is 2.34. The van der Waals surface area contributed by atoms with Gasteiger partial charge < -0.3 is 19.9 Å². The molecular weight excluding hydrogens is 316 g/mol. The monoisotopic (exact) mass is 344 g/mol. The molecule has 1 aromatic heterocycles. The minimum Gasteiger partial charge on any atom is -0.396 e. The third-order valence-corrected chi connectivity index (χ3v) is 5.58. The largest absolute Gasteiger partial charge is 0.396 e. The number of hydrogen-bond acceptors (Lipinski definition) is 3. The zero-order valence-corrected chi connectivity index (χ0v) is 14.9. The zero-order valence-electron chi connectivity index (χ0n) is 14.9. The van der Waals surface area contributed by atoms with Crippen molar-refractivity contribution < 1.29 is 9.90 Å². The van der Waals surface area contributed by atoms with Crippen molar-refractivity contribution in [3.8, 4) is 0 Å². The molecule has 2 heterocycles. The first-order valence-electron chi connectivity index (χ1n) is 9.21. The molecule has 0 unspecified atom stereocenters. The Labute approximate surface area is 148 Å². The standard InChI is InChI=1S/C19H28N4O2/c1-2-19(14-24)8-12-22(13-9-19)18(25)20-10-5-11-23-15-21-16-6-3-4-7-17(16)23/h3-4,6-7,15,24H,2,5,8-14H2,1H3,(H,20,25). The average molecular weight is 344 g/mol. The number of para-hydroxylation sites is 2. The van der Waals surface area contributed by atoms with Gasteiger partial charge >= 0.3 is 6.03 Å². The highest BCUT2D eigenvalue weighted by Gasteiger charge is 2.33. The quantitative estimate of drug-likeness (QED) is 0.792. The molecule has 0 aliphatic carbocycles. The second-order valence-electron chi connectivity index (χ2n) is 7.01. The first kappa shape index (κ1) is 17.7. The Kier molecular flexibility index (Phi) is 5.58. The van der Waals surface area contributed by atoms with Crippen LogP contribution in [-0.2, 0) is 6.54 Å². The van der Waals surface area contributed by atoms with Crippen molar-refractivity contribution in [2.75, 3.05) is 26.2 Å². The third kappa shape index (κ3) is 3.95. The van der Waals surface area contributed by atoms with Gasteiger partial charge in [-0.15, -0.1) is 0 Å². The van der Waals surface area contributed by atoms with Gasteiger partial charge in [-0.3, -0.25) is 0 Å². The predicted molar refractivity (Wildman–Crippen MR) is 98.4 cm³/mol. The summed E-state index contributed by atoms with van der Waals surface area (Å²) in [6.07, 6.45) is 5.46. The Morgan fingerprint density at radius 2 is 2.08 bits per heavy atom. The number of nitrogens with one attached hydrogen (secondary N) is 1. The number of urea groups is 1. The molecule has 25 heavy (non-hydrogen) atoms. The molecule has 2 aromatic rings. The van der Waals surface area contributed by atoms with Gasteiger partial charge in [0.25, 0.3) is 0 Å². The normalized spacial score (nSPS) is 17.0. The van der Waals surface area contributed by atoms with Crippen LogP contribution in [0.5, 0.6) is 0 Å². The summed E-state index contributed by atoms with van der Waals surface area (Å²) < 4.78 is 2.12. The van der Waals surface area contributed by atoms with Gasteiger partial charge in [0.2, 0.25) is 0 Å². The molecule has 136 valence electrons. The van der Waals surface area contributed by atoms with Crippen LogP contribution in [0.15, 0.2) is 30.6 Å². The van der Waals surface area contributed by atoms with Crippen LogP contribution in [0.25, 0.3) is 11.0 Å². The second kappa shape index (κ2) is 7.87. The van der Waals surface area contributed by atoms with Gasteiger partial charge in [-0.2, -0.15) is 0 Å². The van der Waals surface area contributed by atoms with E-state index in [0.29, 0.717) is 6.54 Å². The molecule has 1 aliphatic heterocycles. The number of piperidine rings is 1. The number of hydrogen-bond donors (Lipinski definition) is 2. The van der Waals surface area contributed by atoms with Crippen molar-refractivity contribution in [3.05, 3.63) is 30.6 Å². The van der Waals surface area contributed by atoms with Crippen LogP contribution in [-0.4, -0.2) is 51.8 Å². The van der Waals surface area contributed by atoms with Crippen molar-refractivity contribution in [2.24, 2.45) is 5.41 Å². The lowest BCUT2D eigenvalue weighted by atomic mass is 9.77. The number of aryl methyl sites for hydroxylation is 1. The molecule has 2 N–H and O–H groups in total. The van der Waals surface area contributed by atoms with Crippen LogP contribution in [0.2, 0.25) is 0 Å². The number of fused-ring (bicyclic) bond motifs is 1. The highest BCUT2D eigenvalue weighted by atomic mass is 16.3. The van der Waals surface area contributed by atoms with Crippen LogP contribution in [0, 0.1) is 5.41 Å². The third-order valence-electron chi connectivity index (χ3n) is 5.58. The van der Waals surface area contributed by atoms with Crippen LogP contribution in [0.1, 0.15) is 32.6 Å². The minimum atomic E-state index is 0.0122. The number of carbonyl (C=O) groups excluding carboxylic acids is 1. The van der Waals surface area contributed by atoms with E-state index in [1.54, 1.807) is 0 Å². The summed E-state index contributed by atoms with van der Waals surface area (Å²) in [6, 6.07) is 8.09. The van der Waals surface area contributed by atoms with Gasteiger partial charge in [-0.1, -0.05) is 19.1 Å². The summed E-state index contributed by atoms with van der Waals surface area (Å²) in [5.41, 5.74) is 2.15. The maximum absolute atomic E-state index is 12.3. The van der Waals surface area contributed by atoms with Gasteiger partial charge in [-0.25, -0.2) is 9.78 Å². The molecule has 0 saturated carbocycles. The van der Waals surface area contributed by atoms with Crippen molar-refractivity contribution in [3.63, 3.8) is 0 Å². The number of amides is 2. The number of aliphatic hydroxyl groups excluding tert-OH is 1. The lowest BCUT2D eigenvalue weighted by molar-refractivity contribution is 0.0520. The Balaban J connectivity index is 1.41. The molecule has 0 spiro atoms. The number of carbonyl (C=O) groups is 1. The Hall–Kier alpha value is -2.08. The number of aliphatic hydroxyl groups is 1. The second-order valence-corrected chi connectivity index (χ2v) is 7.01. The molecule has 1 fully saturated rings. The molecule has 1 aliphatic rings. The lowest BCUT2D eigenvalue weighted by Gasteiger charge is -2.40. The van der Waals surface area contributed by atoms with Crippen molar-refractivity contribution in [2.45, 2.75) is 39.2 Å². The molecule has 3 rings (SSSR count). The molecular formula is C19H28N4O2. The topological polar surface area (TPSA) is 70.4 Å². The van der Waals surface area contributed by atoms with E-state index in [-0.39, 0.29) is 18.1 Å². The maximum Gasteiger partial charge on any atom is 0.317 e. The smallest absolute Gasteiger partial charge is 0.317 e. The average Bonchev–Trinajstić information content (AvgIpc) is 3.08. The predicted octanol–water partition coefficient (Wildman–Crippen LogP) is 2.62. The molecule has 1 saturated heterocycles. The SMILES string of the molecule is CCC1(CO)CCN(C(=O)NCCCn2cnc3ccccc32)CC1. The van der Waals surface area contributed by atoms with Gasteiger partial charge in [0.1, 0.15) is 0 Å². The number of benzene rings is 1. The maximum atomic E-state index is 12.3. The Morgan fingerprint density at radius 1 is 1.32 bits per heavy atom. The Morgan fingerprint density at radius 3 is 2.80 bits per heavy atom. The number of aromatic nitrogens is 2. The summed E-state index contributed by atoms with van der Waals surface area (Å²) in [5.74, 6) is 0. The van der Waals surface area contributed by atoms with E-state index in [4.69, 9.17) is 0 Å². The fourth-order valence-electron chi connectivity index (χ4n) is 3.55. The summed E-state index contributed by atoms with van der Waals surface area (Å²) in [5, 5.41) is 12.6. The van der Waals surface area contributed by atoms with E-state index < -0.39 is 0 Å². The molecule has 6 heteroatoms. The minimum absolute atomic E-state index is 0.0122. The summed E-state index contributed by atoms with van der Waals surface area (Å²) in [4.78, 5) is 18.5. The molecule has 0 radical (unpaired) electrons. The van der Waals surface area contributed by atoms with E-state index in [1.165, 1.54) is 0 Å². The molecule has 0 atom stereocenters. The van der Waals surface area contributed by atoms with Crippen molar-refractivity contribution >= 4 is 17.1 Å². The van der Waals surface area contributed by atoms with E-state index in [9.17, 15) is 9.90 Å². The highest BCUT2D eigenvalue weighted by molar-refractivity contribution is 5.75. The number of rotatable bonds is 6. The van der Waals surface area contributed by atoms with Gasteiger partial charge in [-0.05, 0) is 43.2 Å². The van der Waals surface area contributed by atoms with E-state index in [2.05, 4.69) is 27.9 Å². The van der Waals surface area contributed by atoms with Gasteiger partial charge in [0.05, 0.1) is 17.4 Å². The van der Waals surface area contributed by atoms with Gasteiger partial charge in [0, 0.05) is 32.8 Å². The lowest BCUT2D eigenvalue weighted by Crippen LogP contribution is -2.48. The van der Waals surface area contributed by atoms with E-state index in [0.717, 1.165) is 56.4 Å². The first-order chi connectivity index (χ1) is 12.2. The molecule has 0 bridgehead atoms. The first-order valence-corrected chi connectivity index (χ1v) is 9.21. The van der Waals surface area contributed by atoms with Crippen LogP contribution in [0.4, 0.5) is 4.79 Å². The summed E-state index contributed by atoms with van der Waals surface area (Å²) in [6.45, 7) is 5.29. The van der Waals surface area contributed by atoms with E-state index >= 15 is 0 Å². The molecule has 2 amide bonds. The Bertz CT molecular complexity index is 698. The van der Waals surface area contributed by atoms with Crippen LogP contribution >= 0.6 is 0 Å². The fourth-order valence-corrected chi connectivity index (χ4v) is 3.55. The van der Waals surface area contributed by atoms with Gasteiger partial charge in [0.15, 0.2) is 0 Å². The van der Waals surface area contributed by atoms with Crippen LogP contribution < -0.4 is 5.32 Å². The van der Waals surface area contributed by atoms with Crippen molar-refractivity contribution in [1.29, 1.82) is 0 Å². The number of imidazole rings is 1. The molecule has 6 nitrogen and oxygen atoms in total. The zero-order chi connectivity index (χ0) is 17.7. The van der Waals surface area contributed by atoms with Crippen LogP contribution in [0.3, 0.4) is 0 Å². The summed E-state index contributed by atoms with van der Waals surface area (Å²) >= 11 is 0. The number of likely N-dealkylation sites (tertiary alicyclic amines) is 1. The fraction of sp³-hybridized carbons (Fsp3) is 0.579. The summed E-state index contributed by atoms with van der Waals surface area (Å²) in [7, 11) is 0. The molecule has 1 aromatic carbocycles. The van der Waals surface area contributed by atoms with Crippen molar-refractivity contribution in [1.82, 2.24) is 19.8 Å². The van der Waals surface area contributed by atoms with E-state index in [1.807, 2.05) is 29.4 Å².